The summed E-state index contributed by atoms with van der Waals surface area (Å²) in [6.07, 6.45) is 0.477. The van der Waals surface area contributed by atoms with Crippen LogP contribution >= 0.6 is 11.6 Å². The molecule has 5 heteroatoms. The maximum Gasteiger partial charge on any atom is 0.305 e. The number of benzene rings is 3. The highest BCUT2D eigenvalue weighted by Gasteiger charge is 2.24. The van der Waals surface area contributed by atoms with Gasteiger partial charge in [0.15, 0.2) is 5.78 Å². The van der Waals surface area contributed by atoms with E-state index >= 15 is 0 Å². The molecule has 0 N–H and O–H groups in total. The Labute approximate surface area is 181 Å². The van der Waals surface area contributed by atoms with Crippen LogP contribution in [0.25, 0.3) is 0 Å². The fourth-order valence-corrected chi connectivity index (χ4v) is 3.42. The summed E-state index contributed by atoms with van der Waals surface area (Å²) < 4.78 is 10.6. The zero-order chi connectivity index (χ0) is 21.3. The van der Waals surface area contributed by atoms with Crippen LogP contribution in [0, 0.1) is 0 Å². The van der Waals surface area contributed by atoms with E-state index in [0.717, 1.165) is 11.1 Å². The van der Waals surface area contributed by atoms with Crippen molar-refractivity contribution < 1.29 is 19.1 Å². The van der Waals surface area contributed by atoms with Gasteiger partial charge in [0.25, 0.3) is 0 Å². The SMILES string of the molecule is COC(=O)CCC(C(=O)c1cccc(OCc2ccccc2)c1)c1cccc(Cl)c1. The molecule has 4 nitrogen and oxygen atoms in total. The highest BCUT2D eigenvalue weighted by atomic mass is 35.5. The fraction of sp³-hybridized carbons (Fsp3) is 0.200. The van der Waals surface area contributed by atoms with Crippen LogP contribution in [0.15, 0.2) is 78.9 Å². The topological polar surface area (TPSA) is 52.6 Å². The van der Waals surface area contributed by atoms with Crippen molar-refractivity contribution in [3.8, 4) is 5.75 Å². The molecule has 0 fully saturated rings. The third-order valence-corrected chi connectivity index (χ3v) is 5.03. The second kappa shape index (κ2) is 10.6. The number of carbonyl (C=O) groups excluding carboxylic acids is 2. The van der Waals surface area contributed by atoms with Gasteiger partial charge in [-0.2, -0.15) is 0 Å². The molecule has 0 heterocycles. The van der Waals surface area contributed by atoms with Crippen LogP contribution in [-0.2, 0) is 16.1 Å². The van der Waals surface area contributed by atoms with Crippen LogP contribution in [-0.4, -0.2) is 18.9 Å². The number of ether oxygens (including phenoxy) is 2. The van der Waals surface area contributed by atoms with Gasteiger partial charge in [0.1, 0.15) is 12.4 Å². The van der Waals surface area contributed by atoms with E-state index < -0.39 is 5.92 Å². The van der Waals surface area contributed by atoms with Gasteiger partial charge in [-0.05, 0) is 41.8 Å². The quantitative estimate of drug-likeness (QED) is 0.321. The number of ketones is 1. The van der Waals surface area contributed by atoms with Gasteiger partial charge in [-0.25, -0.2) is 0 Å². The smallest absolute Gasteiger partial charge is 0.305 e. The Bertz CT molecular complexity index is 1000. The highest BCUT2D eigenvalue weighted by Crippen LogP contribution is 2.29. The molecule has 3 aromatic rings. The number of methoxy groups -OCH3 is 1. The van der Waals surface area contributed by atoms with Crippen LogP contribution in [0.3, 0.4) is 0 Å². The molecule has 0 bridgehead atoms. The minimum absolute atomic E-state index is 0.0914. The Hall–Kier alpha value is -3.11. The van der Waals surface area contributed by atoms with Gasteiger partial charge in [-0.3, -0.25) is 9.59 Å². The molecule has 0 aliphatic heterocycles. The highest BCUT2D eigenvalue weighted by molar-refractivity contribution is 6.30. The van der Waals surface area contributed by atoms with Crippen molar-refractivity contribution in [2.45, 2.75) is 25.4 Å². The van der Waals surface area contributed by atoms with Crippen LogP contribution < -0.4 is 4.74 Å². The lowest BCUT2D eigenvalue weighted by molar-refractivity contribution is -0.140. The van der Waals surface area contributed by atoms with E-state index in [2.05, 4.69) is 0 Å². The predicted octanol–water partition coefficient (Wildman–Crippen LogP) is 5.84. The molecule has 0 aliphatic carbocycles. The normalized spacial score (nSPS) is 11.5. The van der Waals surface area contributed by atoms with Gasteiger partial charge >= 0.3 is 5.97 Å². The fourth-order valence-electron chi connectivity index (χ4n) is 3.22. The number of halogens is 1. The minimum Gasteiger partial charge on any atom is -0.489 e. The largest absolute Gasteiger partial charge is 0.489 e. The lowest BCUT2D eigenvalue weighted by Gasteiger charge is -2.17. The van der Waals surface area contributed by atoms with E-state index in [9.17, 15) is 9.59 Å². The van der Waals surface area contributed by atoms with Crippen LogP contribution in [0.1, 0.15) is 40.2 Å². The van der Waals surface area contributed by atoms with E-state index in [0.29, 0.717) is 29.4 Å². The summed E-state index contributed by atoms with van der Waals surface area (Å²) in [6.45, 7) is 0.415. The summed E-state index contributed by atoms with van der Waals surface area (Å²) >= 11 is 6.13. The van der Waals surface area contributed by atoms with Crippen molar-refractivity contribution in [3.63, 3.8) is 0 Å². The summed E-state index contributed by atoms with van der Waals surface area (Å²) in [5.41, 5.74) is 2.34. The van der Waals surface area contributed by atoms with E-state index in [1.54, 1.807) is 36.4 Å². The molecular formula is C25H23ClO4. The Morgan fingerprint density at radius 1 is 0.933 bits per heavy atom. The molecule has 0 saturated carbocycles. The Kier molecular flexibility index (Phi) is 7.63. The zero-order valence-corrected chi connectivity index (χ0v) is 17.5. The molecule has 0 amide bonds. The van der Waals surface area contributed by atoms with Gasteiger partial charge < -0.3 is 9.47 Å². The Balaban J connectivity index is 1.80. The number of esters is 1. The summed E-state index contributed by atoms with van der Waals surface area (Å²) in [5.74, 6) is -0.337. The van der Waals surface area contributed by atoms with Crippen molar-refractivity contribution >= 4 is 23.4 Å². The first-order chi connectivity index (χ1) is 14.6. The van der Waals surface area contributed by atoms with Gasteiger partial charge in [0.2, 0.25) is 0 Å². The van der Waals surface area contributed by atoms with Crippen molar-refractivity contribution in [3.05, 3.63) is 101 Å². The molecular weight excluding hydrogens is 400 g/mol. The summed E-state index contributed by atoms with van der Waals surface area (Å²) in [7, 11) is 1.34. The summed E-state index contributed by atoms with van der Waals surface area (Å²) in [6, 6.07) is 24.1. The molecule has 1 unspecified atom stereocenters. The lowest BCUT2D eigenvalue weighted by atomic mass is 9.87. The second-order valence-corrected chi connectivity index (χ2v) is 7.33. The van der Waals surface area contributed by atoms with E-state index in [4.69, 9.17) is 21.1 Å². The number of rotatable bonds is 9. The third kappa shape index (κ3) is 5.94. The lowest BCUT2D eigenvalue weighted by Crippen LogP contribution is -2.15. The molecule has 3 aromatic carbocycles. The van der Waals surface area contributed by atoms with Crippen LogP contribution in [0.2, 0.25) is 5.02 Å². The first-order valence-electron chi connectivity index (χ1n) is 9.70. The first kappa shape index (κ1) is 21.6. The molecule has 0 spiro atoms. The van der Waals surface area contributed by atoms with Crippen molar-refractivity contribution in [1.29, 1.82) is 0 Å². The van der Waals surface area contributed by atoms with E-state index in [1.807, 2.05) is 42.5 Å². The molecule has 1 atom stereocenters. The average molecular weight is 423 g/mol. The second-order valence-electron chi connectivity index (χ2n) is 6.89. The molecule has 30 heavy (non-hydrogen) atoms. The Morgan fingerprint density at radius 2 is 1.70 bits per heavy atom. The number of carbonyl (C=O) groups is 2. The van der Waals surface area contributed by atoms with E-state index in [-0.39, 0.29) is 18.2 Å². The molecule has 3 rings (SSSR count). The summed E-state index contributed by atoms with van der Waals surface area (Å²) in [5, 5.41) is 0.545. The molecule has 0 aliphatic rings. The maximum absolute atomic E-state index is 13.3. The average Bonchev–Trinajstić information content (AvgIpc) is 2.78. The minimum atomic E-state index is -0.507. The van der Waals surface area contributed by atoms with Gasteiger partial charge in [-0.15, -0.1) is 0 Å². The molecule has 154 valence electrons. The zero-order valence-electron chi connectivity index (χ0n) is 16.7. The van der Waals surface area contributed by atoms with Crippen molar-refractivity contribution in [1.82, 2.24) is 0 Å². The van der Waals surface area contributed by atoms with Gasteiger partial charge in [-0.1, -0.05) is 66.2 Å². The van der Waals surface area contributed by atoms with Gasteiger partial charge in [0, 0.05) is 22.9 Å². The standard InChI is InChI=1S/C25H23ClO4/c1-29-24(27)14-13-23(19-9-5-11-21(26)15-19)25(28)20-10-6-12-22(16-20)30-17-18-7-3-2-4-8-18/h2-12,15-16,23H,13-14,17H2,1H3. The molecule has 0 aromatic heterocycles. The van der Waals surface area contributed by atoms with E-state index in [1.165, 1.54) is 7.11 Å². The predicted molar refractivity (Wildman–Crippen MR) is 117 cm³/mol. The van der Waals surface area contributed by atoms with Crippen molar-refractivity contribution in [2.75, 3.05) is 7.11 Å². The first-order valence-corrected chi connectivity index (χ1v) is 10.1. The summed E-state index contributed by atoms with van der Waals surface area (Å²) in [4.78, 5) is 25.0. The number of Topliss-reactive ketones (excluding diaryl/α,β-unsaturated/α-hetero) is 1. The third-order valence-electron chi connectivity index (χ3n) is 4.80. The number of hydrogen-bond donors (Lipinski definition) is 0. The van der Waals surface area contributed by atoms with Crippen LogP contribution in [0.4, 0.5) is 0 Å². The number of hydrogen-bond acceptors (Lipinski definition) is 4. The molecule has 0 radical (unpaired) electrons. The monoisotopic (exact) mass is 422 g/mol. The molecule has 0 saturated heterocycles. The maximum atomic E-state index is 13.3. The van der Waals surface area contributed by atoms with Crippen molar-refractivity contribution in [2.24, 2.45) is 0 Å². The van der Waals surface area contributed by atoms with Gasteiger partial charge in [0.05, 0.1) is 7.11 Å². The Morgan fingerprint density at radius 3 is 2.43 bits per heavy atom. The van der Waals surface area contributed by atoms with Crippen LogP contribution in [0.5, 0.6) is 5.75 Å².